The van der Waals surface area contributed by atoms with E-state index >= 15 is 0 Å². The van der Waals surface area contributed by atoms with E-state index < -0.39 is 0 Å². The minimum atomic E-state index is -0.289. The Morgan fingerprint density at radius 2 is 1.16 bits per heavy atom. The SMILES string of the molecule is O=C(Nc1ccc(Cl)cc1)Nc1ccc([C@H]2O[C@@H]3CN[C@H]2C3)cc1.O=C(Nc1ccc([C@H]2O[C@@H]3CN[C@H]2C3)cc1)c1ccc(OCC2CC2)cc1. The molecule has 5 aliphatic rings. The average Bonchev–Trinajstić information content (AvgIpc) is 3.49. The van der Waals surface area contributed by atoms with E-state index in [1.54, 1.807) is 36.4 Å². The Morgan fingerprint density at radius 3 is 1.61 bits per heavy atom. The summed E-state index contributed by atoms with van der Waals surface area (Å²) in [6.07, 6.45) is 5.61. The average molecular weight is 708 g/mol. The number of fused-ring (bicyclic) bond motifs is 4. The first-order valence-corrected chi connectivity index (χ1v) is 18.1. The first-order valence-electron chi connectivity index (χ1n) is 17.8. The van der Waals surface area contributed by atoms with Crippen LogP contribution in [0.5, 0.6) is 5.75 Å². The lowest BCUT2D eigenvalue weighted by Gasteiger charge is -2.23. The van der Waals surface area contributed by atoms with Crippen molar-refractivity contribution < 1.29 is 23.8 Å². The smallest absolute Gasteiger partial charge is 0.323 e. The summed E-state index contributed by atoms with van der Waals surface area (Å²) in [6, 6.07) is 30.6. The van der Waals surface area contributed by atoms with Crippen LogP contribution in [0.3, 0.4) is 0 Å². The molecule has 10 nitrogen and oxygen atoms in total. The van der Waals surface area contributed by atoms with Crippen LogP contribution in [0, 0.1) is 5.92 Å². The second-order valence-corrected chi connectivity index (χ2v) is 14.4. The van der Waals surface area contributed by atoms with Crippen molar-refractivity contribution >= 4 is 40.6 Å². The molecule has 6 atom stereocenters. The molecule has 4 aromatic rings. The standard InChI is InChI=1S/C22H24N2O3.C18H18ClN3O2/c25-22(16-5-9-18(10-6-16)26-13-14-1-2-14)24-17-7-3-15(4-8-17)21-20-11-19(27-21)12-23-20;19-12-3-7-14(8-4-12)22-18(23)21-13-5-1-11(2-6-13)17-16-9-15(24-17)10-20-16/h3-10,14,19-21,23H,1-2,11-13H2,(H,24,25);1-8,15-17,20H,9-10H2,(H2,21,22,23)/t19-,20-,21+;15-,16-,17+/m00/s1. The minimum absolute atomic E-state index is 0.112. The van der Waals surface area contributed by atoms with Crippen molar-refractivity contribution in [3.05, 3.63) is 119 Å². The second kappa shape index (κ2) is 15.0. The van der Waals surface area contributed by atoms with Gasteiger partial charge >= 0.3 is 6.03 Å². The molecule has 0 spiro atoms. The zero-order chi connectivity index (χ0) is 34.7. The highest BCUT2D eigenvalue weighted by Crippen LogP contribution is 2.38. The molecule has 4 aliphatic heterocycles. The number of urea groups is 1. The van der Waals surface area contributed by atoms with Gasteiger partial charge in [0.15, 0.2) is 0 Å². The fourth-order valence-corrected chi connectivity index (χ4v) is 7.23. The predicted octanol–water partition coefficient (Wildman–Crippen LogP) is 7.32. The number of hydrogen-bond acceptors (Lipinski definition) is 7. The van der Waals surface area contributed by atoms with E-state index in [9.17, 15) is 9.59 Å². The third-order valence-electron chi connectivity index (χ3n) is 10.1. The van der Waals surface area contributed by atoms with Crippen molar-refractivity contribution in [2.75, 3.05) is 35.6 Å². The van der Waals surface area contributed by atoms with Gasteiger partial charge in [-0.2, -0.15) is 0 Å². The van der Waals surface area contributed by atoms with Crippen molar-refractivity contribution in [3.8, 4) is 5.75 Å². The number of carbonyl (C=O) groups excluding carboxylic acids is 2. The number of morpholine rings is 2. The minimum Gasteiger partial charge on any atom is -0.493 e. The lowest BCUT2D eigenvalue weighted by Crippen LogP contribution is -2.33. The zero-order valence-corrected chi connectivity index (χ0v) is 28.9. The van der Waals surface area contributed by atoms with Gasteiger partial charge in [-0.3, -0.25) is 4.79 Å². The van der Waals surface area contributed by atoms with Crippen molar-refractivity contribution in [1.29, 1.82) is 0 Å². The van der Waals surface area contributed by atoms with E-state index in [1.165, 1.54) is 12.8 Å². The van der Waals surface area contributed by atoms with E-state index in [-0.39, 0.29) is 24.1 Å². The van der Waals surface area contributed by atoms with Crippen molar-refractivity contribution in [2.24, 2.45) is 5.92 Å². The summed E-state index contributed by atoms with van der Waals surface area (Å²) in [5.74, 6) is 1.42. The van der Waals surface area contributed by atoms with Crippen molar-refractivity contribution in [3.63, 3.8) is 0 Å². The van der Waals surface area contributed by atoms with E-state index in [1.807, 2.05) is 60.7 Å². The predicted molar refractivity (Wildman–Crippen MR) is 198 cm³/mol. The van der Waals surface area contributed by atoms with Crippen LogP contribution in [0.4, 0.5) is 21.9 Å². The zero-order valence-electron chi connectivity index (χ0n) is 28.1. The van der Waals surface area contributed by atoms with Gasteiger partial charge in [-0.25, -0.2) is 4.79 Å². The van der Waals surface area contributed by atoms with Gasteiger partial charge in [0.05, 0.1) is 31.0 Å². The molecule has 264 valence electrons. The van der Waals surface area contributed by atoms with Crippen LogP contribution in [0.15, 0.2) is 97.1 Å². The lowest BCUT2D eigenvalue weighted by atomic mass is 10.0. The maximum absolute atomic E-state index is 12.5. The van der Waals surface area contributed by atoms with Gasteiger partial charge in [-0.15, -0.1) is 0 Å². The Kier molecular flexibility index (Phi) is 9.93. The van der Waals surface area contributed by atoms with Gasteiger partial charge in [0.2, 0.25) is 0 Å². The Hall–Kier alpha value is -4.45. The molecular formula is C40H42ClN5O5. The number of anilines is 3. The Morgan fingerprint density at radius 1 is 0.667 bits per heavy atom. The summed E-state index contributed by atoms with van der Waals surface area (Å²) < 4.78 is 17.7. The van der Waals surface area contributed by atoms with Crippen LogP contribution in [-0.4, -0.2) is 55.9 Å². The normalized spacial score (nSPS) is 25.5. The highest BCUT2D eigenvalue weighted by molar-refractivity contribution is 6.30. The van der Waals surface area contributed by atoms with Gasteiger partial charge < -0.3 is 40.8 Å². The van der Waals surface area contributed by atoms with Gasteiger partial charge in [-0.05, 0) is 116 Å². The lowest BCUT2D eigenvalue weighted by molar-refractivity contribution is 0.0159. The van der Waals surface area contributed by atoms with Gasteiger partial charge in [-0.1, -0.05) is 35.9 Å². The van der Waals surface area contributed by atoms with Crippen LogP contribution in [0.2, 0.25) is 5.02 Å². The van der Waals surface area contributed by atoms with Gasteiger partial charge in [0.25, 0.3) is 5.91 Å². The van der Waals surface area contributed by atoms with Crippen LogP contribution in [-0.2, 0) is 9.47 Å². The maximum Gasteiger partial charge on any atom is 0.323 e. The van der Waals surface area contributed by atoms with Crippen molar-refractivity contribution in [2.45, 2.75) is 62.2 Å². The number of hydrogen-bond donors (Lipinski definition) is 5. The summed E-state index contributed by atoms with van der Waals surface area (Å²) in [7, 11) is 0. The third kappa shape index (κ3) is 8.38. The molecule has 4 heterocycles. The number of rotatable bonds is 9. The number of nitrogens with one attached hydrogen (secondary N) is 5. The highest BCUT2D eigenvalue weighted by Gasteiger charge is 2.42. The number of benzene rings is 4. The quantitative estimate of drug-likeness (QED) is 0.124. The molecule has 1 aliphatic carbocycles. The number of halogens is 1. The molecule has 51 heavy (non-hydrogen) atoms. The fourth-order valence-electron chi connectivity index (χ4n) is 7.10. The third-order valence-corrected chi connectivity index (χ3v) is 10.3. The summed E-state index contributed by atoms with van der Waals surface area (Å²) >= 11 is 5.83. The molecule has 0 aromatic heterocycles. The van der Waals surface area contributed by atoms with E-state index in [0.717, 1.165) is 66.7 Å². The first kappa shape index (κ1) is 33.7. The Balaban J connectivity index is 0.000000148. The van der Waals surface area contributed by atoms with E-state index in [4.69, 9.17) is 25.8 Å². The molecule has 5 N–H and O–H groups in total. The monoisotopic (exact) mass is 707 g/mol. The largest absolute Gasteiger partial charge is 0.493 e. The maximum atomic E-state index is 12.5. The molecule has 4 saturated heterocycles. The molecule has 1 saturated carbocycles. The molecule has 5 fully saturated rings. The second-order valence-electron chi connectivity index (χ2n) is 13.9. The molecule has 9 rings (SSSR count). The molecule has 4 bridgehead atoms. The topological polar surface area (TPSA) is 122 Å². The summed E-state index contributed by atoms with van der Waals surface area (Å²) in [6.45, 7) is 2.69. The molecular weight excluding hydrogens is 666 g/mol. The first-order chi connectivity index (χ1) is 24.9. The van der Waals surface area contributed by atoms with Crippen LogP contribution in [0.1, 0.15) is 59.4 Å². The summed E-state index contributed by atoms with van der Waals surface area (Å²) in [4.78, 5) is 24.5. The van der Waals surface area contributed by atoms with Crippen molar-refractivity contribution in [1.82, 2.24) is 10.6 Å². The van der Waals surface area contributed by atoms with Crippen LogP contribution < -0.4 is 31.3 Å². The molecule has 3 amide bonds. The number of carbonyl (C=O) groups is 2. The van der Waals surface area contributed by atoms with Gasteiger partial charge in [0, 0.05) is 52.8 Å². The molecule has 0 unspecified atom stereocenters. The molecule has 0 radical (unpaired) electrons. The molecule has 4 aromatic carbocycles. The fraction of sp³-hybridized carbons (Fsp3) is 0.350. The van der Waals surface area contributed by atoms with E-state index in [0.29, 0.717) is 40.6 Å². The molecule has 11 heteroatoms. The number of amides is 3. The highest BCUT2D eigenvalue weighted by atomic mass is 35.5. The van der Waals surface area contributed by atoms with Crippen LogP contribution in [0.25, 0.3) is 0 Å². The number of ether oxygens (including phenoxy) is 3. The Labute approximate surface area is 302 Å². The van der Waals surface area contributed by atoms with Crippen LogP contribution >= 0.6 is 11.6 Å². The summed E-state index contributed by atoms with van der Waals surface area (Å²) in [5, 5.41) is 16.1. The van der Waals surface area contributed by atoms with E-state index in [2.05, 4.69) is 26.6 Å². The Bertz CT molecular complexity index is 1820. The summed E-state index contributed by atoms with van der Waals surface area (Å²) in [5.41, 5.74) is 5.13. The van der Waals surface area contributed by atoms with Gasteiger partial charge in [0.1, 0.15) is 5.75 Å².